The van der Waals surface area contributed by atoms with Gasteiger partial charge in [-0.3, -0.25) is 9.79 Å². The number of esters is 1. The number of hydrogen-bond acceptors (Lipinski definition) is 4. The highest BCUT2D eigenvalue weighted by atomic mass is 31.2. The van der Waals surface area contributed by atoms with Gasteiger partial charge in [-0.05, 0) is 31.0 Å². The Morgan fingerprint density at radius 1 is 1.42 bits per heavy atom. The molecule has 1 aromatic rings. The summed E-state index contributed by atoms with van der Waals surface area (Å²) in [5.41, 5.74) is 1.15. The van der Waals surface area contributed by atoms with Crippen LogP contribution in [0.4, 0.5) is 0 Å². The smallest absolute Gasteiger partial charge is 0.423 e. The van der Waals surface area contributed by atoms with Crippen LogP contribution in [0.3, 0.4) is 0 Å². The normalized spacial score (nSPS) is 10.9. The van der Waals surface area contributed by atoms with Crippen LogP contribution in [-0.2, 0) is 15.8 Å². The maximum Gasteiger partial charge on any atom is 0.524 e. The number of hydrogen-bond donors (Lipinski definition) is 2. The van der Waals surface area contributed by atoms with Gasteiger partial charge in [0.05, 0.1) is 0 Å². The van der Waals surface area contributed by atoms with Crippen LogP contribution in [0.1, 0.15) is 18.1 Å². The Balaban J connectivity index is 3.19. The first-order valence-electron chi connectivity index (χ1n) is 5.50. The van der Waals surface area contributed by atoms with E-state index in [1.165, 1.54) is 12.1 Å². The fourth-order valence-corrected chi connectivity index (χ4v) is 2.08. The SMILES string of the molecule is C=CC(=O)Oc1ccc(OP(=O)(O)O)c(C)c1CC. The molecule has 0 aliphatic carbocycles. The fourth-order valence-electron chi connectivity index (χ4n) is 1.62. The van der Waals surface area contributed by atoms with E-state index in [0.717, 1.165) is 6.08 Å². The van der Waals surface area contributed by atoms with Crippen LogP contribution in [0.15, 0.2) is 24.8 Å². The number of carbonyl (C=O) groups excluding carboxylic acids is 1. The standard InChI is InChI=1S/C12H15O6P/c1-4-9-8(3)10(18-19(14,15)16)6-7-11(9)17-12(13)5-2/h5-7H,2,4H2,1,3H3,(H2,14,15,16). The van der Waals surface area contributed by atoms with Gasteiger partial charge in [0.15, 0.2) is 0 Å². The minimum atomic E-state index is -4.62. The number of benzene rings is 1. The number of phosphoric acid groups is 1. The van der Waals surface area contributed by atoms with Crippen molar-refractivity contribution >= 4 is 13.8 Å². The summed E-state index contributed by atoms with van der Waals surface area (Å²) in [6.45, 7) is 6.76. The van der Waals surface area contributed by atoms with Gasteiger partial charge in [-0.15, -0.1) is 0 Å². The largest absolute Gasteiger partial charge is 0.524 e. The van der Waals surface area contributed by atoms with Crippen LogP contribution >= 0.6 is 7.82 Å². The molecule has 0 bridgehead atoms. The van der Waals surface area contributed by atoms with Crippen molar-refractivity contribution in [3.63, 3.8) is 0 Å². The molecule has 0 aliphatic rings. The molecule has 1 rings (SSSR count). The summed E-state index contributed by atoms with van der Waals surface area (Å²) >= 11 is 0. The van der Waals surface area contributed by atoms with Gasteiger partial charge in [0, 0.05) is 11.6 Å². The minimum absolute atomic E-state index is 0.0589. The quantitative estimate of drug-likeness (QED) is 0.373. The van der Waals surface area contributed by atoms with Crippen LogP contribution in [-0.4, -0.2) is 15.8 Å². The van der Waals surface area contributed by atoms with E-state index in [0.29, 0.717) is 23.3 Å². The molecule has 0 heterocycles. The van der Waals surface area contributed by atoms with E-state index < -0.39 is 13.8 Å². The van der Waals surface area contributed by atoms with Crippen molar-refractivity contribution in [2.24, 2.45) is 0 Å². The van der Waals surface area contributed by atoms with Gasteiger partial charge in [0.1, 0.15) is 11.5 Å². The monoisotopic (exact) mass is 286 g/mol. The first-order chi connectivity index (χ1) is 8.78. The lowest BCUT2D eigenvalue weighted by Gasteiger charge is -2.15. The third kappa shape index (κ3) is 4.21. The highest BCUT2D eigenvalue weighted by molar-refractivity contribution is 7.46. The molecule has 0 aromatic heterocycles. The maximum atomic E-state index is 11.2. The molecule has 19 heavy (non-hydrogen) atoms. The van der Waals surface area contributed by atoms with E-state index in [-0.39, 0.29) is 5.75 Å². The second-order valence-corrected chi connectivity index (χ2v) is 4.89. The van der Waals surface area contributed by atoms with Crippen molar-refractivity contribution < 1.29 is 28.4 Å². The number of phosphoric ester groups is 1. The Kier molecular flexibility index (Phi) is 4.89. The second-order valence-electron chi connectivity index (χ2n) is 3.73. The minimum Gasteiger partial charge on any atom is -0.423 e. The zero-order chi connectivity index (χ0) is 14.6. The van der Waals surface area contributed by atoms with Gasteiger partial charge in [-0.2, -0.15) is 0 Å². The lowest BCUT2D eigenvalue weighted by Crippen LogP contribution is -2.06. The topological polar surface area (TPSA) is 93.1 Å². The van der Waals surface area contributed by atoms with Gasteiger partial charge in [-0.1, -0.05) is 13.5 Å². The molecule has 6 nitrogen and oxygen atoms in total. The van der Waals surface area contributed by atoms with Crippen LogP contribution in [0.2, 0.25) is 0 Å². The third-order valence-corrected chi connectivity index (χ3v) is 2.89. The Bertz CT molecular complexity index is 545. The molecule has 0 saturated carbocycles. The van der Waals surface area contributed by atoms with Crippen molar-refractivity contribution in [1.82, 2.24) is 0 Å². The van der Waals surface area contributed by atoms with Crippen LogP contribution in [0.25, 0.3) is 0 Å². The predicted molar refractivity (Wildman–Crippen MR) is 69.1 cm³/mol. The molecule has 104 valence electrons. The fraction of sp³-hybridized carbons (Fsp3) is 0.250. The van der Waals surface area contributed by atoms with Crippen molar-refractivity contribution in [3.05, 3.63) is 35.9 Å². The summed E-state index contributed by atoms with van der Waals surface area (Å²) in [6.07, 6.45) is 1.55. The molecule has 0 amide bonds. The highest BCUT2D eigenvalue weighted by Gasteiger charge is 2.20. The molecular weight excluding hydrogens is 271 g/mol. The molecule has 0 unspecified atom stereocenters. The molecule has 0 saturated heterocycles. The second kappa shape index (κ2) is 6.02. The average molecular weight is 286 g/mol. The molecular formula is C12H15O6P. The van der Waals surface area contributed by atoms with E-state index in [9.17, 15) is 9.36 Å². The predicted octanol–water partition coefficient (Wildman–Crippen LogP) is 2.12. The van der Waals surface area contributed by atoms with E-state index >= 15 is 0 Å². The van der Waals surface area contributed by atoms with Gasteiger partial charge in [0.2, 0.25) is 0 Å². The van der Waals surface area contributed by atoms with Gasteiger partial charge < -0.3 is 9.26 Å². The highest BCUT2D eigenvalue weighted by Crippen LogP contribution is 2.41. The molecule has 1 aromatic carbocycles. The average Bonchev–Trinajstić information content (AvgIpc) is 2.31. The van der Waals surface area contributed by atoms with E-state index in [4.69, 9.17) is 14.5 Å². The Morgan fingerprint density at radius 2 is 2.00 bits per heavy atom. The van der Waals surface area contributed by atoms with Gasteiger partial charge >= 0.3 is 13.8 Å². The van der Waals surface area contributed by atoms with E-state index in [1.807, 2.05) is 6.92 Å². The summed E-state index contributed by atoms with van der Waals surface area (Å²) < 4.78 is 20.4. The molecule has 2 N–H and O–H groups in total. The van der Waals surface area contributed by atoms with Crippen LogP contribution < -0.4 is 9.26 Å². The van der Waals surface area contributed by atoms with Crippen LogP contribution in [0, 0.1) is 6.92 Å². The Morgan fingerprint density at radius 3 is 2.47 bits per heavy atom. The summed E-state index contributed by atoms with van der Waals surface area (Å²) in [7, 11) is -4.62. The zero-order valence-corrected chi connectivity index (χ0v) is 11.5. The molecule has 0 atom stereocenters. The molecule has 7 heteroatoms. The number of rotatable bonds is 5. The molecule has 0 aliphatic heterocycles. The number of ether oxygens (including phenoxy) is 1. The van der Waals surface area contributed by atoms with Crippen molar-refractivity contribution in [1.29, 1.82) is 0 Å². The van der Waals surface area contributed by atoms with Crippen LogP contribution in [0.5, 0.6) is 11.5 Å². The molecule has 0 spiro atoms. The maximum absolute atomic E-state index is 11.2. The summed E-state index contributed by atoms with van der Waals surface area (Å²) in [6, 6.07) is 2.78. The Hall–Kier alpha value is -1.62. The summed E-state index contributed by atoms with van der Waals surface area (Å²) in [5, 5.41) is 0. The van der Waals surface area contributed by atoms with Crippen molar-refractivity contribution in [2.75, 3.05) is 0 Å². The number of carbonyl (C=O) groups is 1. The summed E-state index contributed by atoms with van der Waals surface area (Å²) in [5.74, 6) is -0.218. The first-order valence-corrected chi connectivity index (χ1v) is 7.03. The third-order valence-electron chi connectivity index (χ3n) is 2.45. The van der Waals surface area contributed by atoms with Crippen molar-refractivity contribution in [2.45, 2.75) is 20.3 Å². The van der Waals surface area contributed by atoms with Crippen molar-refractivity contribution in [3.8, 4) is 11.5 Å². The lowest BCUT2D eigenvalue weighted by atomic mass is 10.0. The molecule has 0 fully saturated rings. The Labute approximate surface area is 110 Å². The summed E-state index contributed by atoms with van der Waals surface area (Å²) in [4.78, 5) is 28.8. The van der Waals surface area contributed by atoms with E-state index in [1.54, 1.807) is 6.92 Å². The van der Waals surface area contributed by atoms with Gasteiger partial charge in [0.25, 0.3) is 0 Å². The zero-order valence-electron chi connectivity index (χ0n) is 10.6. The van der Waals surface area contributed by atoms with E-state index in [2.05, 4.69) is 11.1 Å². The first kappa shape index (κ1) is 15.4. The van der Waals surface area contributed by atoms with Gasteiger partial charge in [-0.25, -0.2) is 9.36 Å². The lowest BCUT2D eigenvalue weighted by molar-refractivity contribution is -0.129. The molecule has 0 radical (unpaired) electrons.